The van der Waals surface area contributed by atoms with Crippen molar-refractivity contribution in [3.05, 3.63) is 0 Å². The van der Waals surface area contributed by atoms with Crippen molar-refractivity contribution in [2.24, 2.45) is 0 Å². The molecule has 1 saturated carbocycles. The summed E-state index contributed by atoms with van der Waals surface area (Å²) in [5.74, 6) is 0. The summed E-state index contributed by atoms with van der Waals surface area (Å²) in [6.07, 6.45) is 6.80. The molecule has 0 radical (unpaired) electrons. The highest BCUT2D eigenvalue weighted by Gasteiger charge is 2.17. The largest absolute Gasteiger partial charge is 0.381 e. The summed E-state index contributed by atoms with van der Waals surface area (Å²) in [7, 11) is 0. The van der Waals surface area contributed by atoms with E-state index in [1.807, 2.05) is 0 Å². The lowest BCUT2D eigenvalue weighted by Gasteiger charge is -2.27. The first kappa shape index (κ1) is 10.4. The highest BCUT2D eigenvalue weighted by Crippen LogP contribution is 2.21. The Hall–Kier alpha value is -0.120. The van der Waals surface area contributed by atoms with Gasteiger partial charge in [0.25, 0.3) is 0 Å². The second-order valence-electron chi connectivity index (χ2n) is 4.26. The van der Waals surface area contributed by atoms with Crippen molar-refractivity contribution in [3.63, 3.8) is 0 Å². The van der Waals surface area contributed by atoms with E-state index in [9.17, 15) is 0 Å². The second-order valence-corrected chi connectivity index (χ2v) is 4.26. The molecule has 0 aromatic heterocycles. The third-order valence-electron chi connectivity index (χ3n) is 3.16. The number of hydrogen-bond acceptors (Lipinski definition) is 3. The predicted molar refractivity (Wildman–Crippen MR) is 55.4 cm³/mol. The maximum absolute atomic E-state index is 5.68. The molecule has 0 spiro atoms. The lowest BCUT2D eigenvalue weighted by atomic mass is 9.96. The Bertz CT molecular complexity index is 153. The molecule has 1 aliphatic carbocycles. The van der Waals surface area contributed by atoms with Gasteiger partial charge in [-0.2, -0.15) is 0 Å². The van der Waals surface area contributed by atoms with Gasteiger partial charge in [-0.3, -0.25) is 0 Å². The molecule has 3 heteroatoms. The van der Waals surface area contributed by atoms with Crippen molar-refractivity contribution in [2.75, 3.05) is 26.4 Å². The summed E-state index contributed by atoms with van der Waals surface area (Å²) in [6, 6.07) is 0.661. The highest BCUT2D eigenvalue weighted by atomic mass is 16.5. The van der Waals surface area contributed by atoms with Crippen LogP contribution in [0.5, 0.6) is 0 Å². The third-order valence-corrected chi connectivity index (χ3v) is 3.16. The minimum Gasteiger partial charge on any atom is -0.381 e. The Morgan fingerprint density at radius 1 is 1.14 bits per heavy atom. The van der Waals surface area contributed by atoms with Gasteiger partial charge in [0, 0.05) is 25.8 Å². The van der Waals surface area contributed by atoms with Crippen LogP contribution in [0.15, 0.2) is 0 Å². The van der Waals surface area contributed by atoms with Crippen LogP contribution in [0.3, 0.4) is 0 Å². The number of nitrogens with one attached hydrogen (secondary N) is 1. The van der Waals surface area contributed by atoms with E-state index in [0.29, 0.717) is 12.1 Å². The van der Waals surface area contributed by atoms with Crippen molar-refractivity contribution in [2.45, 2.75) is 44.2 Å². The Morgan fingerprint density at radius 3 is 2.57 bits per heavy atom. The van der Waals surface area contributed by atoms with Crippen LogP contribution in [0, 0.1) is 0 Å². The van der Waals surface area contributed by atoms with Crippen molar-refractivity contribution in [1.82, 2.24) is 5.32 Å². The zero-order chi connectivity index (χ0) is 9.64. The Labute approximate surface area is 86.2 Å². The molecule has 1 N–H and O–H groups in total. The average Bonchev–Trinajstić information content (AvgIpc) is 2.16. The smallest absolute Gasteiger partial charge is 0.0594 e. The van der Waals surface area contributed by atoms with Crippen LogP contribution in [-0.4, -0.2) is 38.5 Å². The van der Waals surface area contributed by atoms with Gasteiger partial charge in [0.05, 0.1) is 12.7 Å². The molecule has 0 unspecified atom stereocenters. The standard InChI is InChI=1S/C11H21NO2/c1-2-11(3-1)14-9-6-12-10-4-7-13-8-5-10/h10-12H,1-9H2. The van der Waals surface area contributed by atoms with E-state index < -0.39 is 0 Å². The Morgan fingerprint density at radius 2 is 1.93 bits per heavy atom. The minimum atomic E-state index is 0.575. The first-order valence-electron chi connectivity index (χ1n) is 5.88. The van der Waals surface area contributed by atoms with Crippen molar-refractivity contribution >= 4 is 0 Å². The SMILES string of the molecule is C1CC(OCCNC2CCOCC2)C1. The first-order chi connectivity index (χ1) is 6.95. The van der Waals surface area contributed by atoms with E-state index in [1.165, 1.54) is 19.3 Å². The van der Waals surface area contributed by atoms with E-state index >= 15 is 0 Å². The molecule has 2 rings (SSSR count). The molecule has 0 aromatic carbocycles. The third kappa shape index (κ3) is 3.23. The minimum absolute atomic E-state index is 0.575. The molecule has 0 aromatic rings. The van der Waals surface area contributed by atoms with Gasteiger partial charge in [0.1, 0.15) is 0 Å². The zero-order valence-electron chi connectivity index (χ0n) is 8.84. The van der Waals surface area contributed by atoms with Crippen LogP contribution in [-0.2, 0) is 9.47 Å². The fourth-order valence-corrected chi connectivity index (χ4v) is 1.93. The van der Waals surface area contributed by atoms with Crippen LogP contribution < -0.4 is 5.32 Å². The van der Waals surface area contributed by atoms with Crippen molar-refractivity contribution in [1.29, 1.82) is 0 Å². The molecule has 82 valence electrons. The summed E-state index contributed by atoms with van der Waals surface area (Å²) in [4.78, 5) is 0. The molecule has 0 atom stereocenters. The molecule has 1 heterocycles. The fraction of sp³-hybridized carbons (Fsp3) is 1.00. The lowest BCUT2D eigenvalue weighted by molar-refractivity contribution is 0.00145. The summed E-state index contributed by atoms with van der Waals surface area (Å²) in [6.45, 7) is 3.71. The van der Waals surface area contributed by atoms with Gasteiger partial charge in [-0.25, -0.2) is 0 Å². The number of rotatable bonds is 5. The first-order valence-corrected chi connectivity index (χ1v) is 5.88. The van der Waals surface area contributed by atoms with E-state index in [2.05, 4.69) is 5.32 Å². The van der Waals surface area contributed by atoms with E-state index in [1.54, 1.807) is 0 Å². The molecule has 0 bridgehead atoms. The molecule has 3 nitrogen and oxygen atoms in total. The summed E-state index contributed by atoms with van der Waals surface area (Å²) >= 11 is 0. The molecular weight excluding hydrogens is 178 g/mol. The summed E-state index contributed by atoms with van der Waals surface area (Å²) in [5.41, 5.74) is 0. The molecule has 1 saturated heterocycles. The van der Waals surface area contributed by atoms with Crippen LogP contribution in [0.2, 0.25) is 0 Å². The molecule has 2 aliphatic rings. The molecule has 1 aliphatic heterocycles. The van der Waals surface area contributed by atoms with Gasteiger partial charge in [-0.05, 0) is 32.1 Å². The molecular formula is C11H21NO2. The average molecular weight is 199 g/mol. The Balaban J connectivity index is 1.45. The van der Waals surface area contributed by atoms with E-state index in [-0.39, 0.29) is 0 Å². The maximum Gasteiger partial charge on any atom is 0.0594 e. The van der Waals surface area contributed by atoms with Crippen molar-refractivity contribution in [3.8, 4) is 0 Å². The van der Waals surface area contributed by atoms with E-state index in [0.717, 1.165) is 39.2 Å². The maximum atomic E-state index is 5.68. The molecule has 0 amide bonds. The van der Waals surface area contributed by atoms with E-state index in [4.69, 9.17) is 9.47 Å². The van der Waals surface area contributed by atoms with Gasteiger partial charge in [0.2, 0.25) is 0 Å². The van der Waals surface area contributed by atoms with Gasteiger partial charge in [0.15, 0.2) is 0 Å². The van der Waals surface area contributed by atoms with Crippen LogP contribution >= 0.6 is 0 Å². The number of hydrogen-bond donors (Lipinski definition) is 1. The van der Waals surface area contributed by atoms with Gasteiger partial charge in [-0.1, -0.05) is 0 Å². The summed E-state index contributed by atoms with van der Waals surface area (Å²) in [5, 5.41) is 3.52. The zero-order valence-corrected chi connectivity index (χ0v) is 8.84. The highest BCUT2D eigenvalue weighted by molar-refractivity contribution is 4.71. The van der Waals surface area contributed by atoms with Crippen LogP contribution in [0.1, 0.15) is 32.1 Å². The lowest BCUT2D eigenvalue weighted by Crippen LogP contribution is -2.37. The van der Waals surface area contributed by atoms with Crippen molar-refractivity contribution < 1.29 is 9.47 Å². The summed E-state index contributed by atoms with van der Waals surface area (Å²) < 4.78 is 11.0. The molecule has 2 fully saturated rings. The quantitative estimate of drug-likeness (QED) is 0.677. The monoisotopic (exact) mass is 199 g/mol. The normalized spacial score (nSPS) is 24.9. The fourth-order valence-electron chi connectivity index (χ4n) is 1.93. The topological polar surface area (TPSA) is 30.5 Å². The van der Waals surface area contributed by atoms with Gasteiger partial charge >= 0.3 is 0 Å². The Kier molecular flexibility index (Phi) is 4.22. The van der Waals surface area contributed by atoms with Crippen LogP contribution in [0.4, 0.5) is 0 Å². The molecule has 14 heavy (non-hydrogen) atoms. The predicted octanol–water partition coefficient (Wildman–Crippen LogP) is 1.32. The van der Waals surface area contributed by atoms with Crippen LogP contribution in [0.25, 0.3) is 0 Å². The number of ether oxygens (including phenoxy) is 2. The second kappa shape index (κ2) is 5.69. The van der Waals surface area contributed by atoms with Gasteiger partial charge < -0.3 is 14.8 Å². The van der Waals surface area contributed by atoms with Gasteiger partial charge in [-0.15, -0.1) is 0 Å².